The van der Waals surface area contributed by atoms with Crippen LogP contribution in [0.4, 0.5) is 18.9 Å². The Kier molecular flexibility index (Phi) is 5.52. The van der Waals surface area contributed by atoms with Gasteiger partial charge in [0.05, 0.1) is 18.4 Å². The summed E-state index contributed by atoms with van der Waals surface area (Å²) >= 11 is 0. The second-order valence-electron chi connectivity index (χ2n) is 4.08. The summed E-state index contributed by atoms with van der Waals surface area (Å²) in [4.78, 5) is 23.2. The predicted octanol–water partition coefficient (Wildman–Crippen LogP) is 3.15. The van der Waals surface area contributed by atoms with Gasteiger partial charge in [0.25, 0.3) is 5.91 Å². The molecule has 1 N–H and O–H groups in total. The molecular formula is C14H14F3NO3. The molecule has 4 nitrogen and oxygen atoms in total. The van der Waals surface area contributed by atoms with Gasteiger partial charge >= 0.3 is 6.18 Å². The summed E-state index contributed by atoms with van der Waals surface area (Å²) in [5.41, 5.74) is -1.22. The van der Waals surface area contributed by atoms with E-state index >= 15 is 0 Å². The molecule has 0 atom stereocenters. The fraction of sp³-hybridized carbons (Fsp3) is 0.286. The lowest BCUT2D eigenvalue weighted by Gasteiger charge is -2.10. The fourth-order valence-electron chi connectivity index (χ4n) is 1.43. The van der Waals surface area contributed by atoms with Crippen molar-refractivity contribution in [2.24, 2.45) is 0 Å². The SMILES string of the molecule is CCOC=C(C(C)=O)C(=O)Nc1cccc(C(F)(F)F)c1. The van der Waals surface area contributed by atoms with Gasteiger partial charge in [0.1, 0.15) is 5.57 Å². The van der Waals surface area contributed by atoms with Gasteiger partial charge in [-0.15, -0.1) is 0 Å². The number of ether oxygens (including phenoxy) is 1. The summed E-state index contributed by atoms with van der Waals surface area (Å²) in [6, 6.07) is 4.14. The van der Waals surface area contributed by atoms with E-state index in [1.165, 1.54) is 6.07 Å². The van der Waals surface area contributed by atoms with E-state index in [1.807, 2.05) is 0 Å². The van der Waals surface area contributed by atoms with Gasteiger partial charge in [0.2, 0.25) is 0 Å². The van der Waals surface area contributed by atoms with Crippen molar-refractivity contribution >= 4 is 17.4 Å². The molecule has 0 bridgehead atoms. The third-order valence-corrected chi connectivity index (χ3v) is 2.44. The molecule has 0 aliphatic carbocycles. The fourth-order valence-corrected chi connectivity index (χ4v) is 1.43. The molecule has 1 aromatic carbocycles. The van der Waals surface area contributed by atoms with Gasteiger partial charge in [-0.25, -0.2) is 0 Å². The number of alkyl halides is 3. The van der Waals surface area contributed by atoms with E-state index in [0.717, 1.165) is 31.4 Å². The molecule has 0 spiro atoms. The molecule has 0 heterocycles. The van der Waals surface area contributed by atoms with Crippen molar-refractivity contribution in [3.8, 4) is 0 Å². The van der Waals surface area contributed by atoms with Crippen LogP contribution in [-0.4, -0.2) is 18.3 Å². The maximum atomic E-state index is 12.6. The first-order valence-corrected chi connectivity index (χ1v) is 6.07. The van der Waals surface area contributed by atoms with Crippen molar-refractivity contribution in [2.45, 2.75) is 20.0 Å². The largest absolute Gasteiger partial charge is 0.501 e. The standard InChI is InChI=1S/C14H14F3NO3/c1-3-21-8-12(9(2)19)13(20)18-11-6-4-5-10(7-11)14(15,16)17/h4-8H,3H2,1-2H3,(H,18,20). The Labute approximate surface area is 119 Å². The highest BCUT2D eigenvalue weighted by Crippen LogP contribution is 2.30. The van der Waals surface area contributed by atoms with E-state index < -0.39 is 23.4 Å². The lowest BCUT2D eigenvalue weighted by atomic mass is 10.1. The zero-order valence-electron chi connectivity index (χ0n) is 11.5. The minimum Gasteiger partial charge on any atom is -0.501 e. The number of hydrogen-bond acceptors (Lipinski definition) is 3. The van der Waals surface area contributed by atoms with Crippen molar-refractivity contribution in [2.75, 3.05) is 11.9 Å². The Morgan fingerprint density at radius 1 is 1.33 bits per heavy atom. The van der Waals surface area contributed by atoms with Crippen LogP contribution < -0.4 is 5.32 Å². The van der Waals surface area contributed by atoms with Crippen LogP contribution in [0.5, 0.6) is 0 Å². The summed E-state index contributed by atoms with van der Waals surface area (Å²) in [5, 5.41) is 2.24. The van der Waals surface area contributed by atoms with Crippen LogP contribution in [0.15, 0.2) is 36.1 Å². The topological polar surface area (TPSA) is 55.4 Å². The molecule has 0 unspecified atom stereocenters. The molecular weight excluding hydrogens is 287 g/mol. The maximum absolute atomic E-state index is 12.6. The normalized spacial score (nSPS) is 12.0. The first-order chi connectivity index (χ1) is 9.75. The van der Waals surface area contributed by atoms with Crippen molar-refractivity contribution < 1.29 is 27.5 Å². The van der Waals surface area contributed by atoms with Crippen molar-refractivity contribution in [3.05, 3.63) is 41.7 Å². The minimum absolute atomic E-state index is 0.0570. The first kappa shape index (κ1) is 16.7. The lowest BCUT2D eigenvalue weighted by molar-refractivity contribution is -0.137. The molecule has 0 saturated heterocycles. The number of hydrogen-bond donors (Lipinski definition) is 1. The Balaban J connectivity index is 2.94. The van der Waals surface area contributed by atoms with Crippen LogP contribution in [0.1, 0.15) is 19.4 Å². The number of rotatable bonds is 5. The van der Waals surface area contributed by atoms with Crippen molar-refractivity contribution in [1.82, 2.24) is 0 Å². The third-order valence-electron chi connectivity index (χ3n) is 2.44. The van der Waals surface area contributed by atoms with Crippen LogP contribution in [0, 0.1) is 0 Å². The summed E-state index contributed by atoms with van der Waals surface area (Å²) in [5.74, 6) is -1.37. The summed E-state index contributed by atoms with van der Waals surface area (Å²) in [7, 11) is 0. The molecule has 114 valence electrons. The van der Waals surface area contributed by atoms with Gasteiger partial charge in [0.15, 0.2) is 5.78 Å². The Bertz CT molecular complexity index is 565. The number of carbonyl (C=O) groups is 2. The molecule has 1 aromatic rings. The minimum atomic E-state index is -4.51. The smallest absolute Gasteiger partial charge is 0.416 e. The number of anilines is 1. The highest BCUT2D eigenvalue weighted by atomic mass is 19.4. The average Bonchev–Trinajstić information content (AvgIpc) is 2.38. The van der Waals surface area contributed by atoms with E-state index in [1.54, 1.807) is 6.92 Å². The van der Waals surface area contributed by atoms with Crippen molar-refractivity contribution in [3.63, 3.8) is 0 Å². The highest BCUT2D eigenvalue weighted by Gasteiger charge is 2.30. The number of halogens is 3. The molecule has 1 amide bonds. The van der Waals surface area contributed by atoms with Crippen molar-refractivity contribution in [1.29, 1.82) is 0 Å². The molecule has 0 fully saturated rings. The van der Waals surface area contributed by atoms with E-state index in [-0.39, 0.29) is 17.9 Å². The Morgan fingerprint density at radius 2 is 2.00 bits per heavy atom. The van der Waals surface area contributed by atoms with Crippen LogP contribution in [-0.2, 0) is 20.5 Å². The number of nitrogens with one attached hydrogen (secondary N) is 1. The number of ketones is 1. The van der Waals surface area contributed by atoms with E-state index in [4.69, 9.17) is 4.74 Å². The number of benzene rings is 1. The molecule has 0 saturated carbocycles. The Hall–Kier alpha value is -2.31. The maximum Gasteiger partial charge on any atom is 0.416 e. The summed E-state index contributed by atoms with van der Waals surface area (Å²) < 4.78 is 42.6. The molecule has 21 heavy (non-hydrogen) atoms. The quantitative estimate of drug-likeness (QED) is 0.393. The summed E-state index contributed by atoms with van der Waals surface area (Å²) in [6.07, 6.45) is -3.52. The molecule has 0 aliphatic rings. The molecule has 0 aliphatic heterocycles. The highest BCUT2D eigenvalue weighted by molar-refractivity contribution is 6.22. The second kappa shape index (κ2) is 6.92. The Morgan fingerprint density at radius 3 is 2.52 bits per heavy atom. The van der Waals surface area contributed by atoms with Gasteiger partial charge in [-0.05, 0) is 32.0 Å². The summed E-state index contributed by atoms with van der Waals surface area (Å²) in [6.45, 7) is 3.09. The second-order valence-corrected chi connectivity index (χ2v) is 4.08. The monoisotopic (exact) mass is 301 g/mol. The molecule has 0 radical (unpaired) electrons. The van der Waals surface area contributed by atoms with Gasteiger partial charge in [-0.1, -0.05) is 6.07 Å². The third kappa shape index (κ3) is 4.94. The van der Waals surface area contributed by atoms with Crippen LogP contribution in [0.25, 0.3) is 0 Å². The van der Waals surface area contributed by atoms with E-state index in [0.29, 0.717) is 0 Å². The van der Waals surface area contributed by atoms with Gasteiger partial charge in [-0.3, -0.25) is 9.59 Å². The van der Waals surface area contributed by atoms with Gasteiger partial charge in [-0.2, -0.15) is 13.2 Å². The molecule has 1 rings (SSSR count). The zero-order chi connectivity index (χ0) is 16.0. The zero-order valence-corrected chi connectivity index (χ0v) is 11.5. The van der Waals surface area contributed by atoms with Crippen LogP contribution in [0.3, 0.4) is 0 Å². The number of Topliss-reactive ketones (excluding diaryl/α,β-unsaturated/α-hetero) is 1. The van der Waals surface area contributed by atoms with Crippen LogP contribution >= 0.6 is 0 Å². The predicted molar refractivity (Wildman–Crippen MR) is 70.5 cm³/mol. The van der Waals surface area contributed by atoms with E-state index in [2.05, 4.69) is 5.32 Å². The number of amides is 1. The van der Waals surface area contributed by atoms with Crippen LogP contribution in [0.2, 0.25) is 0 Å². The molecule has 0 aromatic heterocycles. The lowest BCUT2D eigenvalue weighted by Crippen LogP contribution is -2.19. The van der Waals surface area contributed by atoms with Gasteiger partial charge < -0.3 is 10.1 Å². The average molecular weight is 301 g/mol. The van der Waals surface area contributed by atoms with E-state index in [9.17, 15) is 22.8 Å². The van der Waals surface area contributed by atoms with Gasteiger partial charge in [0, 0.05) is 5.69 Å². The number of carbonyl (C=O) groups excluding carboxylic acids is 2. The first-order valence-electron chi connectivity index (χ1n) is 6.07. The molecule has 7 heteroatoms.